The smallest absolute Gasteiger partial charge is 0.00404 e. The van der Waals surface area contributed by atoms with E-state index in [1.165, 1.54) is 121 Å². The summed E-state index contributed by atoms with van der Waals surface area (Å²) < 4.78 is 0. The summed E-state index contributed by atoms with van der Waals surface area (Å²) >= 11 is 4.52. The van der Waals surface area contributed by atoms with E-state index in [0.29, 0.717) is 0 Å². The topological polar surface area (TPSA) is 0 Å². The van der Waals surface area contributed by atoms with E-state index in [1.807, 2.05) is 0 Å². The van der Waals surface area contributed by atoms with E-state index in [1.54, 1.807) is 0 Å². The van der Waals surface area contributed by atoms with E-state index >= 15 is 0 Å². The molecule has 12 rings (SSSR count). The van der Waals surface area contributed by atoms with Gasteiger partial charge >= 0.3 is 0 Å². The van der Waals surface area contributed by atoms with Gasteiger partial charge in [0.25, 0.3) is 0 Å². The normalized spacial score (nSPS) is 11.4. The minimum Gasteiger partial charge on any atom is -0.143 e. The van der Waals surface area contributed by atoms with Gasteiger partial charge in [-0.25, -0.2) is 0 Å². The van der Waals surface area contributed by atoms with Crippen LogP contribution in [-0.4, -0.2) is 0 Å². The second-order valence-electron chi connectivity index (χ2n) is 17.3. The monoisotopic (exact) mass is 868 g/mol. The Balaban J connectivity index is 1.22. The number of fused-ring (bicyclic) bond motifs is 3. The third kappa shape index (κ3) is 7.41. The van der Waals surface area contributed by atoms with Crippen LogP contribution in [-0.2, 0) is 0 Å². The highest BCUT2D eigenvalue weighted by Gasteiger charge is 2.26. The molecule has 0 aliphatic rings. The zero-order valence-electron chi connectivity index (χ0n) is 36.8. The van der Waals surface area contributed by atoms with Crippen molar-refractivity contribution < 1.29 is 0 Å². The first-order valence-corrected chi connectivity index (χ1v) is 23.4. The molecule has 67 heavy (non-hydrogen) atoms. The third-order valence-corrected chi connectivity index (χ3v) is 13.7. The molecule has 0 aliphatic heterocycles. The van der Waals surface area contributed by atoms with E-state index < -0.39 is 0 Å². The van der Waals surface area contributed by atoms with Crippen LogP contribution in [0, 0.1) is 0 Å². The Kier molecular flexibility index (Phi) is 10.4. The van der Waals surface area contributed by atoms with Crippen LogP contribution < -0.4 is 0 Å². The summed E-state index contributed by atoms with van der Waals surface area (Å²) in [5, 5.41) is 7.36. The predicted octanol–water partition coefficient (Wildman–Crippen LogP) is 18.8. The molecule has 0 aliphatic carbocycles. The fraction of sp³-hybridized carbons (Fsp3) is 0. The van der Waals surface area contributed by atoms with Crippen LogP contribution >= 0.6 is 12.6 Å². The SMILES string of the molecule is Sc1ccc(-c2ccc(-c3ccc4c(-c5ccccc5)c5c(-c6ccccc6)c6cc(-c7ccc(-c8ccccc8)cc7)ccc6c(-c6ccccc6)c5c(-c5ccccc5)c4c3)cc2)cc1. The molecule has 0 atom stereocenters. The van der Waals surface area contributed by atoms with Gasteiger partial charge in [0, 0.05) is 4.90 Å². The maximum Gasteiger partial charge on any atom is 0.00404 e. The van der Waals surface area contributed by atoms with Crippen LogP contribution in [0.15, 0.2) is 266 Å². The quantitative estimate of drug-likeness (QED) is 0.114. The van der Waals surface area contributed by atoms with Crippen molar-refractivity contribution in [3.05, 3.63) is 261 Å². The Labute approximate surface area is 397 Å². The average molecular weight is 869 g/mol. The van der Waals surface area contributed by atoms with Crippen molar-refractivity contribution in [3.63, 3.8) is 0 Å². The van der Waals surface area contributed by atoms with Crippen molar-refractivity contribution >= 4 is 44.9 Å². The molecule has 0 fully saturated rings. The van der Waals surface area contributed by atoms with Gasteiger partial charge in [0.15, 0.2) is 0 Å². The lowest BCUT2D eigenvalue weighted by atomic mass is 9.77. The maximum atomic E-state index is 4.52. The summed E-state index contributed by atoms with van der Waals surface area (Å²) in [4.78, 5) is 0.960. The molecule has 0 amide bonds. The van der Waals surface area contributed by atoms with Gasteiger partial charge in [0.05, 0.1) is 0 Å². The fourth-order valence-corrected chi connectivity index (χ4v) is 10.3. The number of thiol groups is 1. The number of benzene rings is 12. The van der Waals surface area contributed by atoms with Gasteiger partial charge in [0.1, 0.15) is 0 Å². The highest BCUT2D eigenvalue weighted by molar-refractivity contribution is 7.80. The summed E-state index contributed by atoms with van der Waals surface area (Å²) in [6.45, 7) is 0. The second kappa shape index (κ2) is 17.3. The lowest BCUT2D eigenvalue weighted by Crippen LogP contribution is -1.98. The summed E-state index contributed by atoms with van der Waals surface area (Å²) in [5.74, 6) is 0. The van der Waals surface area contributed by atoms with E-state index in [2.05, 4.69) is 273 Å². The fourth-order valence-electron chi connectivity index (χ4n) is 10.2. The Morgan fingerprint density at radius 2 is 0.403 bits per heavy atom. The van der Waals surface area contributed by atoms with Gasteiger partial charge in [-0.1, -0.05) is 237 Å². The number of hydrogen-bond donors (Lipinski definition) is 1. The highest BCUT2D eigenvalue weighted by atomic mass is 32.1. The van der Waals surface area contributed by atoms with Gasteiger partial charge in [-0.15, -0.1) is 12.6 Å². The average Bonchev–Trinajstić information content (AvgIpc) is 3.41. The first-order valence-electron chi connectivity index (χ1n) is 23.0. The molecule has 0 bridgehead atoms. The summed E-state index contributed by atoms with van der Waals surface area (Å²) in [6.07, 6.45) is 0. The lowest BCUT2D eigenvalue weighted by Gasteiger charge is -2.26. The van der Waals surface area contributed by atoms with E-state index in [0.717, 1.165) is 4.90 Å². The Hall–Kier alpha value is -8.23. The number of rotatable bonds is 8. The Bertz CT molecular complexity index is 3710. The molecule has 0 saturated heterocycles. The highest BCUT2D eigenvalue weighted by Crippen LogP contribution is 2.54. The first-order chi connectivity index (χ1) is 33.2. The molecule has 0 aromatic heterocycles. The van der Waals surface area contributed by atoms with Crippen LogP contribution in [0.5, 0.6) is 0 Å². The molecule has 1 heteroatoms. The van der Waals surface area contributed by atoms with Gasteiger partial charge < -0.3 is 0 Å². The Morgan fingerprint density at radius 1 is 0.179 bits per heavy atom. The molecule has 0 N–H and O–H groups in total. The molecular weight excluding hydrogens is 825 g/mol. The molecule has 12 aromatic carbocycles. The van der Waals surface area contributed by atoms with Crippen molar-refractivity contribution in [3.8, 4) is 89.0 Å². The first kappa shape index (κ1) is 40.3. The van der Waals surface area contributed by atoms with Crippen LogP contribution in [0.3, 0.4) is 0 Å². The largest absolute Gasteiger partial charge is 0.143 e. The van der Waals surface area contributed by atoms with Gasteiger partial charge in [-0.3, -0.25) is 0 Å². The third-order valence-electron chi connectivity index (χ3n) is 13.4. The standard InChI is InChI=1S/C66H44S/c67-56-38-34-47(35-39-56)46-28-32-49(33-29-46)55-37-41-58-60(43-55)64(53-24-14-5-15-25-53)66-61(50-18-8-2-9-19-50)57-40-36-54(48-30-26-45(27-31-48)44-16-6-1-7-17-44)42-59(57)63(52-22-12-4-13-23-52)65(66)62(58)51-20-10-3-11-21-51/h1-43,67H. The van der Waals surface area contributed by atoms with Crippen LogP contribution in [0.4, 0.5) is 0 Å². The van der Waals surface area contributed by atoms with Crippen molar-refractivity contribution in [1.29, 1.82) is 0 Å². The zero-order chi connectivity index (χ0) is 44.7. The van der Waals surface area contributed by atoms with E-state index in [-0.39, 0.29) is 0 Å². The summed E-state index contributed by atoms with van der Waals surface area (Å²) in [6, 6.07) is 95.5. The van der Waals surface area contributed by atoms with Gasteiger partial charge in [-0.2, -0.15) is 0 Å². The van der Waals surface area contributed by atoms with E-state index in [4.69, 9.17) is 0 Å². The molecule has 0 radical (unpaired) electrons. The molecule has 0 heterocycles. The second-order valence-corrected chi connectivity index (χ2v) is 17.8. The molecule has 314 valence electrons. The molecule has 0 saturated carbocycles. The zero-order valence-corrected chi connectivity index (χ0v) is 37.7. The molecule has 0 nitrogen and oxygen atoms in total. The van der Waals surface area contributed by atoms with Gasteiger partial charge in [0.2, 0.25) is 0 Å². The van der Waals surface area contributed by atoms with Crippen LogP contribution in [0.1, 0.15) is 0 Å². The molecule has 12 aromatic rings. The molecule has 0 unspecified atom stereocenters. The minimum absolute atomic E-state index is 0.960. The van der Waals surface area contributed by atoms with Crippen molar-refractivity contribution in [2.45, 2.75) is 4.90 Å². The summed E-state index contributed by atoms with van der Waals surface area (Å²) in [7, 11) is 0. The van der Waals surface area contributed by atoms with Crippen LogP contribution in [0.25, 0.3) is 121 Å². The lowest BCUT2D eigenvalue weighted by molar-refractivity contribution is 1.47. The van der Waals surface area contributed by atoms with Crippen molar-refractivity contribution in [2.24, 2.45) is 0 Å². The van der Waals surface area contributed by atoms with Crippen LogP contribution in [0.2, 0.25) is 0 Å². The molecule has 0 spiro atoms. The maximum absolute atomic E-state index is 4.52. The molecular formula is C66H44S. The number of hydrogen-bond acceptors (Lipinski definition) is 1. The van der Waals surface area contributed by atoms with Crippen molar-refractivity contribution in [1.82, 2.24) is 0 Å². The van der Waals surface area contributed by atoms with Gasteiger partial charge in [-0.05, 0) is 146 Å². The minimum atomic E-state index is 0.960. The van der Waals surface area contributed by atoms with E-state index in [9.17, 15) is 0 Å². The summed E-state index contributed by atoms with van der Waals surface area (Å²) in [5.41, 5.74) is 19.2. The predicted molar refractivity (Wildman–Crippen MR) is 290 cm³/mol. The Morgan fingerprint density at radius 3 is 0.716 bits per heavy atom. The van der Waals surface area contributed by atoms with Crippen molar-refractivity contribution in [2.75, 3.05) is 0 Å².